The van der Waals surface area contributed by atoms with Crippen molar-refractivity contribution >= 4 is 35.2 Å². The van der Waals surface area contributed by atoms with Gasteiger partial charge in [0.1, 0.15) is 0 Å². The van der Waals surface area contributed by atoms with Crippen molar-refractivity contribution in [2.24, 2.45) is 4.99 Å². The van der Waals surface area contributed by atoms with Crippen LogP contribution in [0.4, 0.5) is 5.69 Å². The molecule has 0 amide bonds. The summed E-state index contributed by atoms with van der Waals surface area (Å²) in [6.45, 7) is 0.406. The first-order valence-electron chi connectivity index (χ1n) is 10.3. The van der Waals surface area contributed by atoms with E-state index in [0.29, 0.717) is 40.7 Å². The van der Waals surface area contributed by atoms with Crippen molar-refractivity contribution in [2.75, 3.05) is 13.7 Å². The van der Waals surface area contributed by atoms with Crippen LogP contribution in [0.15, 0.2) is 77.4 Å². The second-order valence-corrected chi connectivity index (χ2v) is 7.67. The number of carbonyl (C=O) groups is 1. The minimum Gasteiger partial charge on any atom is -0.493 e. The van der Waals surface area contributed by atoms with Crippen molar-refractivity contribution < 1.29 is 23.9 Å². The van der Waals surface area contributed by atoms with Crippen LogP contribution >= 0.6 is 11.6 Å². The number of carbonyl (C=O) groups excluding carboxylic acids is 1. The second kappa shape index (κ2) is 10.2. The number of cyclic esters (lactones) is 1. The lowest BCUT2D eigenvalue weighted by Gasteiger charge is -2.13. The van der Waals surface area contributed by atoms with Crippen LogP contribution in [0.5, 0.6) is 11.5 Å². The molecule has 0 radical (unpaired) electrons. The molecule has 0 atom stereocenters. The zero-order chi connectivity index (χ0) is 24.1. The van der Waals surface area contributed by atoms with E-state index < -0.39 is 10.9 Å². The lowest BCUT2D eigenvalue weighted by molar-refractivity contribution is -0.384. The molecule has 0 bridgehead atoms. The molecular weight excluding hydrogens is 460 g/mol. The number of methoxy groups -OCH3 is 1. The first-order valence-corrected chi connectivity index (χ1v) is 10.6. The molecule has 4 rings (SSSR count). The highest BCUT2D eigenvalue weighted by atomic mass is 35.5. The molecular formula is C25H19ClN2O6. The Morgan fingerprint density at radius 2 is 1.91 bits per heavy atom. The number of benzene rings is 3. The predicted molar refractivity (Wildman–Crippen MR) is 127 cm³/mol. The number of nitro groups is 1. The van der Waals surface area contributed by atoms with Gasteiger partial charge in [-0.3, -0.25) is 10.1 Å². The topological polar surface area (TPSA) is 100 Å². The van der Waals surface area contributed by atoms with Gasteiger partial charge in [-0.05, 0) is 35.4 Å². The monoisotopic (exact) mass is 478 g/mol. The van der Waals surface area contributed by atoms with Crippen LogP contribution in [0.3, 0.4) is 0 Å². The summed E-state index contributed by atoms with van der Waals surface area (Å²) in [5.74, 6) is 0.109. The summed E-state index contributed by atoms with van der Waals surface area (Å²) in [7, 11) is 1.50. The van der Waals surface area contributed by atoms with E-state index in [-0.39, 0.29) is 17.3 Å². The van der Waals surface area contributed by atoms with Gasteiger partial charge >= 0.3 is 5.97 Å². The molecule has 1 aliphatic heterocycles. The minimum atomic E-state index is -0.681. The minimum absolute atomic E-state index is 0.0149. The number of aliphatic imine (C=N–C) groups is 1. The highest BCUT2D eigenvalue weighted by molar-refractivity contribution is 6.32. The van der Waals surface area contributed by atoms with E-state index in [9.17, 15) is 14.9 Å². The molecule has 3 aromatic rings. The van der Waals surface area contributed by atoms with Gasteiger partial charge in [0.15, 0.2) is 17.2 Å². The van der Waals surface area contributed by atoms with Gasteiger partial charge in [-0.15, -0.1) is 0 Å². The average Bonchev–Trinajstić information content (AvgIpc) is 3.21. The number of rotatable bonds is 8. The highest BCUT2D eigenvalue weighted by Gasteiger charge is 2.25. The summed E-state index contributed by atoms with van der Waals surface area (Å²) in [6, 6.07) is 18.9. The van der Waals surface area contributed by atoms with Crippen molar-refractivity contribution in [1.29, 1.82) is 0 Å². The maximum absolute atomic E-state index is 12.3. The lowest BCUT2D eigenvalue weighted by Crippen LogP contribution is -2.05. The lowest BCUT2D eigenvalue weighted by atomic mass is 10.1. The van der Waals surface area contributed by atoms with Gasteiger partial charge in [0.25, 0.3) is 5.69 Å². The smallest absolute Gasteiger partial charge is 0.363 e. The molecule has 0 unspecified atom stereocenters. The molecule has 1 heterocycles. The average molecular weight is 479 g/mol. The van der Waals surface area contributed by atoms with Crippen molar-refractivity contribution in [1.82, 2.24) is 0 Å². The van der Waals surface area contributed by atoms with E-state index in [4.69, 9.17) is 25.8 Å². The molecule has 8 nitrogen and oxygen atoms in total. The first kappa shape index (κ1) is 23.0. The number of non-ortho nitro benzene ring substituents is 1. The maximum atomic E-state index is 12.3. The number of esters is 1. The molecule has 1 aliphatic rings. The molecule has 0 saturated carbocycles. The Labute approximate surface area is 200 Å². The van der Waals surface area contributed by atoms with Crippen LogP contribution in [0.2, 0.25) is 5.02 Å². The zero-order valence-corrected chi connectivity index (χ0v) is 18.8. The number of hydrogen-bond donors (Lipinski definition) is 0. The standard InChI is InChI=1S/C25H19ClN2O6/c1-32-22-14-17(12-20(26)23(22)33-11-10-16-6-3-2-4-7-16)13-21-25(29)34-24(27-21)18-8-5-9-19(15-18)28(30)31/h2-9,12-15H,10-11H2,1H3/b21-13-. The van der Waals surface area contributed by atoms with E-state index in [2.05, 4.69) is 4.99 Å². The molecule has 0 saturated heterocycles. The summed E-state index contributed by atoms with van der Waals surface area (Å²) < 4.78 is 16.5. The van der Waals surface area contributed by atoms with Gasteiger partial charge in [0, 0.05) is 24.1 Å². The Balaban J connectivity index is 1.55. The third-order valence-corrected chi connectivity index (χ3v) is 5.24. The summed E-state index contributed by atoms with van der Waals surface area (Å²) >= 11 is 6.44. The number of halogens is 1. The van der Waals surface area contributed by atoms with Crippen molar-refractivity contribution in [3.8, 4) is 11.5 Å². The first-order chi connectivity index (χ1) is 16.4. The third-order valence-electron chi connectivity index (χ3n) is 4.96. The number of hydrogen-bond acceptors (Lipinski definition) is 7. The van der Waals surface area contributed by atoms with Crippen molar-refractivity contribution in [3.63, 3.8) is 0 Å². The van der Waals surface area contributed by atoms with Gasteiger partial charge in [0.2, 0.25) is 5.90 Å². The molecule has 0 N–H and O–H groups in total. The van der Waals surface area contributed by atoms with Gasteiger partial charge in [0.05, 0.1) is 23.7 Å². The van der Waals surface area contributed by atoms with Crippen molar-refractivity contribution in [2.45, 2.75) is 6.42 Å². The zero-order valence-electron chi connectivity index (χ0n) is 18.1. The second-order valence-electron chi connectivity index (χ2n) is 7.26. The Morgan fingerprint density at radius 3 is 2.65 bits per heavy atom. The molecule has 9 heteroatoms. The quantitative estimate of drug-likeness (QED) is 0.190. The fourth-order valence-corrected chi connectivity index (χ4v) is 3.60. The van der Waals surface area contributed by atoms with E-state index in [0.717, 1.165) is 5.56 Å². The summed E-state index contributed by atoms with van der Waals surface area (Å²) in [4.78, 5) is 27.0. The van der Waals surface area contributed by atoms with Crippen LogP contribution in [0.1, 0.15) is 16.7 Å². The van der Waals surface area contributed by atoms with E-state index in [1.165, 1.54) is 31.4 Å². The van der Waals surface area contributed by atoms with Gasteiger partial charge in [-0.1, -0.05) is 48.0 Å². The van der Waals surface area contributed by atoms with Gasteiger partial charge in [-0.25, -0.2) is 9.79 Å². The fourth-order valence-electron chi connectivity index (χ4n) is 3.32. The number of nitrogens with zero attached hydrogens (tertiary/aromatic N) is 2. The fraction of sp³-hybridized carbons (Fsp3) is 0.120. The summed E-state index contributed by atoms with van der Waals surface area (Å²) in [6.07, 6.45) is 2.20. The van der Waals surface area contributed by atoms with E-state index >= 15 is 0 Å². The number of ether oxygens (including phenoxy) is 3. The van der Waals surface area contributed by atoms with E-state index in [1.54, 1.807) is 18.2 Å². The van der Waals surface area contributed by atoms with Crippen molar-refractivity contribution in [3.05, 3.63) is 104 Å². The third kappa shape index (κ3) is 5.24. The maximum Gasteiger partial charge on any atom is 0.363 e. The Kier molecular flexibility index (Phi) is 6.89. The number of nitro benzene ring substituents is 1. The van der Waals surface area contributed by atoms with Crippen LogP contribution in [-0.2, 0) is 16.0 Å². The summed E-state index contributed by atoms with van der Waals surface area (Å²) in [5.41, 5.74) is 1.90. The van der Waals surface area contributed by atoms with Crippen LogP contribution in [0, 0.1) is 10.1 Å². The Bertz CT molecular complexity index is 1300. The SMILES string of the molecule is COc1cc(/C=C2\N=C(c3cccc([N+](=O)[O-])c3)OC2=O)cc(Cl)c1OCCc1ccccc1. The normalized spacial score (nSPS) is 14.0. The van der Waals surface area contributed by atoms with Crippen LogP contribution in [0.25, 0.3) is 6.08 Å². The van der Waals surface area contributed by atoms with E-state index in [1.807, 2.05) is 30.3 Å². The molecule has 0 spiro atoms. The molecule has 0 aliphatic carbocycles. The summed E-state index contributed by atoms with van der Waals surface area (Å²) in [5, 5.41) is 11.3. The Hall–Kier alpha value is -4.17. The molecule has 172 valence electrons. The van der Waals surface area contributed by atoms with Gasteiger partial charge < -0.3 is 14.2 Å². The highest BCUT2D eigenvalue weighted by Crippen LogP contribution is 2.37. The molecule has 3 aromatic carbocycles. The molecule has 0 fully saturated rings. The predicted octanol–water partition coefficient (Wildman–Crippen LogP) is 5.22. The molecule has 34 heavy (non-hydrogen) atoms. The van der Waals surface area contributed by atoms with Crippen LogP contribution < -0.4 is 9.47 Å². The van der Waals surface area contributed by atoms with Crippen LogP contribution in [-0.4, -0.2) is 30.5 Å². The van der Waals surface area contributed by atoms with Gasteiger partial charge in [-0.2, -0.15) is 0 Å². The largest absolute Gasteiger partial charge is 0.493 e. The Morgan fingerprint density at radius 1 is 1.12 bits per heavy atom. The molecule has 0 aromatic heterocycles.